The molecular formula is C28H27N3O7S. The Labute approximate surface area is 228 Å². The SMILES string of the molecule is Cc1c2c(cc(O)c1C(=O)N[C@@H](CNC(=O)c1cccs1)C(=O)O)CN(C(=O)c1ccc3c(c1)OCC3)CC2. The van der Waals surface area contributed by atoms with Gasteiger partial charge < -0.3 is 30.5 Å². The summed E-state index contributed by atoms with van der Waals surface area (Å²) < 4.78 is 5.59. The predicted octanol–water partition coefficient (Wildman–Crippen LogP) is 2.51. The maximum atomic E-state index is 13.2. The first-order chi connectivity index (χ1) is 18.7. The molecule has 0 saturated carbocycles. The van der Waals surface area contributed by atoms with Crippen molar-refractivity contribution in [1.82, 2.24) is 15.5 Å². The minimum Gasteiger partial charge on any atom is -0.507 e. The van der Waals surface area contributed by atoms with E-state index in [0.717, 1.165) is 28.9 Å². The fourth-order valence-corrected chi connectivity index (χ4v) is 5.63. The van der Waals surface area contributed by atoms with E-state index in [1.807, 2.05) is 6.07 Å². The third kappa shape index (κ3) is 5.30. The molecule has 2 aliphatic rings. The van der Waals surface area contributed by atoms with Crippen molar-refractivity contribution in [1.29, 1.82) is 0 Å². The first-order valence-electron chi connectivity index (χ1n) is 12.5. The van der Waals surface area contributed by atoms with Crippen LogP contribution in [0.4, 0.5) is 0 Å². The number of carboxylic acids is 1. The van der Waals surface area contributed by atoms with Crippen LogP contribution in [0.3, 0.4) is 0 Å². The number of amides is 3. The van der Waals surface area contributed by atoms with E-state index < -0.39 is 23.8 Å². The number of nitrogens with one attached hydrogen (secondary N) is 2. The number of thiophene rings is 1. The Morgan fingerprint density at radius 1 is 1.10 bits per heavy atom. The van der Waals surface area contributed by atoms with Crippen molar-refractivity contribution < 1.29 is 34.1 Å². The van der Waals surface area contributed by atoms with Gasteiger partial charge in [0.1, 0.15) is 17.5 Å². The van der Waals surface area contributed by atoms with E-state index in [0.29, 0.717) is 35.6 Å². The van der Waals surface area contributed by atoms with Gasteiger partial charge in [0.2, 0.25) is 0 Å². The molecule has 11 heteroatoms. The number of benzene rings is 2. The van der Waals surface area contributed by atoms with Crippen molar-refractivity contribution in [3.05, 3.63) is 80.0 Å². The lowest BCUT2D eigenvalue weighted by molar-refractivity contribution is -0.139. The molecule has 2 aliphatic heterocycles. The van der Waals surface area contributed by atoms with Crippen molar-refractivity contribution >= 4 is 35.0 Å². The number of fused-ring (bicyclic) bond motifs is 2. The van der Waals surface area contributed by atoms with Gasteiger partial charge in [0.25, 0.3) is 17.7 Å². The van der Waals surface area contributed by atoms with Gasteiger partial charge in [-0.25, -0.2) is 4.79 Å². The second-order valence-electron chi connectivity index (χ2n) is 9.48. The molecule has 202 valence electrons. The summed E-state index contributed by atoms with van der Waals surface area (Å²) in [6.07, 6.45) is 1.29. The van der Waals surface area contributed by atoms with E-state index in [-0.39, 0.29) is 30.3 Å². The van der Waals surface area contributed by atoms with Crippen LogP contribution >= 0.6 is 11.3 Å². The summed E-state index contributed by atoms with van der Waals surface area (Å²) in [6, 6.07) is 8.83. The summed E-state index contributed by atoms with van der Waals surface area (Å²) in [7, 11) is 0. The van der Waals surface area contributed by atoms with E-state index in [9.17, 15) is 29.4 Å². The lowest BCUT2D eigenvalue weighted by atomic mass is 9.90. The number of nitrogens with zero attached hydrogens (tertiary/aromatic N) is 1. The Hall–Kier alpha value is -4.38. The van der Waals surface area contributed by atoms with Crippen LogP contribution in [0.5, 0.6) is 11.5 Å². The molecule has 0 radical (unpaired) electrons. The molecule has 0 saturated heterocycles. The van der Waals surface area contributed by atoms with Crippen molar-refractivity contribution in [2.45, 2.75) is 32.4 Å². The average Bonchev–Trinajstić information content (AvgIpc) is 3.62. The third-order valence-electron chi connectivity index (χ3n) is 7.05. The first kappa shape index (κ1) is 26.2. The molecule has 0 bridgehead atoms. The molecule has 10 nitrogen and oxygen atoms in total. The molecule has 3 heterocycles. The van der Waals surface area contributed by atoms with E-state index >= 15 is 0 Å². The third-order valence-corrected chi connectivity index (χ3v) is 7.92. The fraction of sp³-hybridized carbons (Fsp3) is 0.286. The molecule has 3 amide bonds. The van der Waals surface area contributed by atoms with Crippen LogP contribution in [0.1, 0.15) is 52.6 Å². The summed E-state index contributed by atoms with van der Waals surface area (Å²) in [4.78, 5) is 52.4. The fourth-order valence-electron chi connectivity index (χ4n) is 4.99. The highest BCUT2D eigenvalue weighted by Gasteiger charge is 2.29. The number of hydrogen-bond donors (Lipinski definition) is 4. The molecule has 0 unspecified atom stereocenters. The average molecular weight is 550 g/mol. The van der Waals surface area contributed by atoms with Crippen molar-refractivity contribution in [2.24, 2.45) is 0 Å². The number of rotatable bonds is 7. The number of carbonyl (C=O) groups excluding carboxylic acids is 3. The smallest absolute Gasteiger partial charge is 0.328 e. The zero-order valence-electron chi connectivity index (χ0n) is 21.2. The minimum absolute atomic E-state index is 0.0277. The minimum atomic E-state index is -1.40. The van der Waals surface area contributed by atoms with Crippen LogP contribution in [0, 0.1) is 6.92 Å². The van der Waals surface area contributed by atoms with Crippen molar-refractivity contribution in [3.8, 4) is 11.5 Å². The number of phenols is 1. The Morgan fingerprint density at radius 2 is 1.92 bits per heavy atom. The van der Waals surface area contributed by atoms with Gasteiger partial charge in [0.15, 0.2) is 0 Å². The standard InChI is InChI=1S/C28H27N3O7S/c1-15-19-6-8-31(27(35)17-5-4-16-7-9-38-22(16)12-17)14-18(19)11-21(32)24(15)26(34)30-20(28(36)37)13-29-25(33)23-3-2-10-39-23/h2-5,10-12,20,32H,6-9,13-14H2,1H3,(H,29,33)(H,30,34)(H,36,37)/t20-/m0/s1. The second-order valence-corrected chi connectivity index (χ2v) is 10.4. The summed E-state index contributed by atoms with van der Waals surface area (Å²) >= 11 is 1.21. The largest absolute Gasteiger partial charge is 0.507 e. The zero-order chi connectivity index (χ0) is 27.7. The van der Waals surface area contributed by atoms with Gasteiger partial charge in [-0.1, -0.05) is 12.1 Å². The molecule has 1 atom stereocenters. The first-order valence-corrected chi connectivity index (χ1v) is 13.4. The lowest BCUT2D eigenvalue weighted by Crippen LogP contribution is -2.48. The summed E-state index contributed by atoms with van der Waals surface area (Å²) in [5.74, 6) is -2.25. The number of ether oxygens (including phenoxy) is 1. The van der Waals surface area contributed by atoms with E-state index in [4.69, 9.17) is 4.74 Å². The van der Waals surface area contributed by atoms with Gasteiger partial charge in [-0.2, -0.15) is 0 Å². The summed E-state index contributed by atoms with van der Waals surface area (Å²) in [5, 5.41) is 27.0. The maximum Gasteiger partial charge on any atom is 0.328 e. The molecule has 5 rings (SSSR count). The zero-order valence-corrected chi connectivity index (χ0v) is 22.0. The highest BCUT2D eigenvalue weighted by molar-refractivity contribution is 7.12. The van der Waals surface area contributed by atoms with Gasteiger partial charge in [-0.15, -0.1) is 11.3 Å². The number of carboxylic acid groups (broad SMARTS) is 1. The molecule has 3 aromatic rings. The van der Waals surface area contributed by atoms with Gasteiger partial charge in [-0.3, -0.25) is 14.4 Å². The molecule has 39 heavy (non-hydrogen) atoms. The van der Waals surface area contributed by atoms with Crippen LogP contribution in [-0.4, -0.2) is 64.5 Å². The number of hydrogen-bond acceptors (Lipinski definition) is 7. The molecule has 1 aromatic heterocycles. The van der Waals surface area contributed by atoms with Crippen molar-refractivity contribution in [2.75, 3.05) is 19.7 Å². The second kappa shape index (κ2) is 10.8. The molecule has 2 aromatic carbocycles. The normalized spacial score (nSPS) is 14.5. The van der Waals surface area contributed by atoms with Gasteiger partial charge in [0.05, 0.1) is 17.0 Å². The molecule has 0 spiro atoms. The summed E-state index contributed by atoms with van der Waals surface area (Å²) in [5.41, 5.74) is 3.65. The van der Waals surface area contributed by atoms with Gasteiger partial charge >= 0.3 is 5.97 Å². The predicted molar refractivity (Wildman–Crippen MR) is 142 cm³/mol. The monoisotopic (exact) mass is 549 g/mol. The summed E-state index contributed by atoms with van der Waals surface area (Å²) in [6.45, 7) is 2.65. The van der Waals surface area contributed by atoms with Gasteiger partial charge in [-0.05, 0) is 65.2 Å². The number of aliphatic carboxylic acids is 1. The Bertz CT molecular complexity index is 1470. The van der Waals surface area contributed by atoms with Crippen LogP contribution in [-0.2, 0) is 24.2 Å². The maximum absolute atomic E-state index is 13.2. The van der Waals surface area contributed by atoms with Crippen molar-refractivity contribution in [3.63, 3.8) is 0 Å². The van der Waals surface area contributed by atoms with E-state index in [2.05, 4.69) is 10.6 Å². The molecular weight excluding hydrogens is 522 g/mol. The number of phenolic OH excluding ortho intramolecular Hbond substituents is 1. The molecule has 0 fully saturated rings. The highest BCUT2D eigenvalue weighted by atomic mass is 32.1. The van der Waals surface area contributed by atoms with E-state index in [1.165, 1.54) is 17.4 Å². The van der Waals surface area contributed by atoms with Gasteiger partial charge in [0, 0.05) is 31.6 Å². The van der Waals surface area contributed by atoms with E-state index in [1.54, 1.807) is 41.5 Å². The molecule has 4 N–H and O–H groups in total. The van der Waals surface area contributed by atoms with Crippen LogP contribution < -0.4 is 15.4 Å². The molecule has 0 aliphatic carbocycles. The lowest BCUT2D eigenvalue weighted by Gasteiger charge is -2.31. The highest BCUT2D eigenvalue weighted by Crippen LogP contribution is 2.33. The number of carbonyl (C=O) groups is 4. The van der Waals surface area contributed by atoms with Crippen LogP contribution in [0.25, 0.3) is 0 Å². The topological polar surface area (TPSA) is 145 Å². The Balaban J connectivity index is 1.29. The Kier molecular flexibility index (Phi) is 7.25. The quantitative estimate of drug-likeness (QED) is 0.354. The Morgan fingerprint density at radius 3 is 2.67 bits per heavy atom. The number of aromatic hydroxyl groups is 1. The van der Waals surface area contributed by atoms with Crippen LogP contribution in [0.15, 0.2) is 41.8 Å². The van der Waals surface area contributed by atoms with Crippen LogP contribution in [0.2, 0.25) is 0 Å².